The van der Waals surface area contributed by atoms with Gasteiger partial charge in [-0.3, -0.25) is 4.99 Å². The Morgan fingerprint density at radius 2 is 2.29 bits per heavy atom. The third-order valence-corrected chi connectivity index (χ3v) is 7.24. The molecule has 0 saturated heterocycles. The summed E-state index contributed by atoms with van der Waals surface area (Å²) in [5, 5.41) is 0.800. The van der Waals surface area contributed by atoms with Crippen LogP contribution in [0.25, 0.3) is 0 Å². The fourth-order valence-electron chi connectivity index (χ4n) is 2.25. The van der Waals surface area contributed by atoms with Gasteiger partial charge in [0.1, 0.15) is 5.84 Å². The lowest BCUT2D eigenvalue weighted by Crippen LogP contribution is -2.49. The molecule has 2 aliphatic rings. The Hall–Kier alpha value is 0.290. The average Bonchev–Trinajstić information content (AvgIpc) is 2.55. The lowest BCUT2D eigenvalue weighted by molar-refractivity contribution is 0.445. The van der Waals surface area contributed by atoms with Gasteiger partial charge in [0.25, 0.3) is 0 Å². The number of amidine groups is 1. The van der Waals surface area contributed by atoms with Crippen LogP contribution in [0.4, 0.5) is 0 Å². The molecule has 3 rings (SSSR count). The first-order valence-corrected chi connectivity index (χ1v) is 8.50. The van der Waals surface area contributed by atoms with Crippen molar-refractivity contribution < 1.29 is 0 Å². The third-order valence-electron chi connectivity index (χ3n) is 3.43. The van der Waals surface area contributed by atoms with Crippen molar-refractivity contribution in [1.82, 2.24) is 0 Å². The number of rotatable bonds is 1. The second-order valence-electron chi connectivity index (χ2n) is 4.45. The molecule has 1 aliphatic carbocycles. The third kappa shape index (κ3) is 2.05. The topological polar surface area (TPSA) is 38.4 Å². The first-order chi connectivity index (χ1) is 8.11. The maximum atomic E-state index is 6.21. The van der Waals surface area contributed by atoms with Gasteiger partial charge in [-0.15, -0.1) is 23.1 Å². The van der Waals surface area contributed by atoms with E-state index < -0.39 is 0 Å². The van der Waals surface area contributed by atoms with Gasteiger partial charge in [0, 0.05) is 10.6 Å². The SMILES string of the molecule is NC1=N[C@H](c2sc(Br)cc2Cl)CSC12CCC2. The van der Waals surface area contributed by atoms with Gasteiger partial charge in [-0.05, 0) is 41.3 Å². The molecule has 1 spiro atoms. The zero-order chi connectivity index (χ0) is 12.0. The van der Waals surface area contributed by atoms with E-state index in [4.69, 9.17) is 17.3 Å². The molecule has 1 fully saturated rings. The number of thiophene rings is 1. The Balaban J connectivity index is 1.89. The van der Waals surface area contributed by atoms with Gasteiger partial charge < -0.3 is 5.73 Å². The molecular formula is C11H12BrClN2S2. The number of aliphatic imine (C=N–C) groups is 1. The van der Waals surface area contributed by atoms with Crippen molar-refractivity contribution >= 4 is 56.5 Å². The summed E-state index contributed by atoms with van der Waals surface area (Å²) in [6, 6.07) is 2.07. The van der Waals surface area contributed by atoms with Crippen molar-refractivity contribution in [2.75, 3.05) is 5.75 Å². The summed E-state index contributed by atoms with van der Waals surface area (Å²) in [7, 11) is 0. The molecule has 1 atom stereocenters. The van der Waals surface area contributed by atoms with Crippen LogP contribution in [-0.2, 0) is 0 Å². The largest absolute Gasteiger partial charge is 0.386 e. The quantitative estimate of drug-likeness (QED) is 0.822. The average molecular weight is 352 g/mol. The minimum Gasteiger partial charge on any atom is -0.386 e. The molecule has 0 aromatic carbocycles. The Bertz CT molecular complexity index is 482. The standard InChI is InChI=1S/C11H12BrClN2S2/c12-8-4-6(13)9(17-8)7-5-16-11(2-1-3-11)10(14)15-7/h4,7H,1-3,5H2,(H2,14,15)/t7-/m0/s1. The van der Waals surface area contributed by atoms with Gasteiger partial charge >= 0.3 is 0 Å². The smallest absolute Gasteiger partial charge is 0.111 e. The molecular weight excluding hydrogens is 340 g/mol. The van der Waals surface area contributed by atoms with Crippen LogP contribution in [0.5, 0.6) is 0 Å². The molecule has 6 heteroatoms. The van der Waals surface area contributed by atoms with Crippen LogP contribution >= 0.6 is 50.6 Å². The van der Waals surface area contributed by atoms with Gasteiger partial charge in [-0.25, -0.2) is 0 Å². The number of thioether (sulfide) groups is 1. The predicted molar refractivity (Wildman–Crippen MR) is 80.4 cm³/mol. The number of nitrogens with two attached hydrogens (primary N) is 1. The predicted octanol–water partition coefficient (Wildman–Crippen LogP) is 4.23. The van der Waals surface area contributed by atoms with Crippen molar-refractivity contribution in [3.05, 3.63) is 19.8 Å². The summed E-state index contributed by atoms with van der Waals surface area (Å²) in [5.74, 6) is 1.82. The van der Waals surface area contributed by atoms with Gasteiger partial charge in [-0.2, -0.15) is 0 Å². The van der Waals surface area contributed by atoms with Crippen LogP contribution < -0.4 is 5.73 Å². The Morgan fingerprint density at radius 3 is 2.76 bits per heavy atom. The molecule has 17 heavy (non-hydrogen) atoms. The van der Waals surface area contributed by atoms with Crippen LogP contribution in [-0.4, -0.2) is 16.3 Å². The maximum Gasteiger partial charge on any atom is 0.111 e. The lowest BCUT2D eigenvalue weighted by Gasteiger charge is -2.44. The first-order valence-electron chi connectivity index (χ1n) is 5.53. The summed E-state index contributed by atoms with van der Waals surface area (Å²) in [6.45, 7) is 0. The molecule has 0 amide bonds. The van der Waals surface area contributed by atoms with Gasteiger partial charge in [-0.1, -0.05) is 11.6 Å². The van der Waals surface area contributed by atoms with Crippen LogP contribution in [0, 0.1) is 0 Å². The summed E-state index contributed by atoms with van der Waals surface area (Å²) < 4.78 is 1.22. The zero-order valence-corrected chi connectivity index (χ0v) is 13.1. The van der Waals surface area contributed by atoms with E-state index in [2.05, 4.69) is 20.9 Å². The molecule has 92 valence electrons. The van der Waals surface area contributed by atoms with E-state index in [-0.39, 0.29) is 10.8 Å². The molecule has 2 nitrogen and oxygen atoms in total. The molecule has 0 bridgehead atoms. The summed E-state index contributed by atoms with van der Waals surface area (Å²) in [6.07, 6.45) is 3.64. The zero-order valence-electron chi connectivity index (χ0n) is 9.08. The second-order valence-corrected chi connectivity index (χ2v) is 8.73. The second kappa shape index (κ2) is 4.44. The fourth-order valence-corrected chi connectivity index (χ4v) is 5.97. The molecule has 1 saturated carbocycles. The molecule has 2 heterocycles. The summed E-state index contributed by atoms with van der Waals surface area (Å²) in [5.41, 5.74) is 6.14. The minimum atomic E-state index is 0.134. The van der Waals surface area contributed by atoms with Gasteiger partial charge in [0.05, 0.1) is 19.6 Å². The van der Waals surface area contributed by atoms with Gasteiger partial charge in [0.15, 0.2) is 0 Å². The normalized spacial score (nSPS) is 26.7. The van der Waals surface area contributed by atoms with Gasteiger partial charge in [0.2, 0.25) is 0 Å². The first kappa shape index (κ1) is 12.3. The van der Waals surface area contributed by atoms with Crippen LogP contribution in [0.1, 0.15) is 30.2 Å². The van der Waals surface area contributed by atoms with E-state index in [0.717, 1.165) is 25.3 Å². The molecule has 2 N–H and O–H groups in total. The van der Waals surface area contributed by atoms with Crippen molar-refractivity contribution in [1.29, 1.82) is 0 Å². The molecule has 1 aliphatic heterocycles. The highest BCUT2D eigenvalue weighted by atomic mass is 79.9. The highest BCUT2D eigenvalue weighted by Gasteiger charge is 2.44. The number of hydrogen-bond donors (Lipinski definition) is 1. The van der Waals surface area contributed by atoms with Crippen molar-refractivity contribution in [2.24, 2.45) is 10.7 Å². The van der Waals surface area contributed by atoms with Crippen LogP contribution in [0.3, 0.4) is 0 Å². The molecule has 0 unspecified atom stereocenters. The Morgan fingerprint density at radius 1 is 1.53 bits per heavy atom. The highest BCUT2D eigenvalue weighted by molar-refractivity contribution is 9.11. The van der Waals surface area contributed by atoms with E-state index in [1.54, 1.807) is 11.3 Å². The van der Waals surface area contributed by atoms with Crippen molar-refractivity contribution in [2.45, 2.75) is 30.1 Å². The summed E-state index contributed by atoms with van der Waals surface area (Å²) >= 11 is 13.3. The monoisotopic (exact) mass is 350 g/mol. The lowest BCUT2D eigenvalue weighted by atomic mass is 9.83. The minimum absolute atomic E-state index is 0.134. The Kier molecular flexibility index (Phi) is 3.22. The number of hydrogen-bond acceptors (Lipinski definition) is 4. The van der Waals surface area contributed by atoms with E-state index in [1.165, 1.54) is 19.3 Å². The molecule has 1 aromatic heterocycles. The van der Waals surface area contributed by atoms with Crippen molar-refractivity contribution in [3.63, 3.8) is 0 Å². The van der Waals surface area contributed by atoms with E-state index in [9.17, 15) is 0 Å². The van der Waals surface area contributed by atoms with E-state index >= 15 is 0 Å². The highest BCUT2D eigenvalue weighted by Crippen LogP contribution is 2.50. The Labute approximate surface area is 122 Å². The number of nitrogens with zero attached hydrogens (tertiary/aromatic N) is 1. The van der Waals surface area contributed by atoms with Crippen LogP contribution in [0.2, 0.25) is 5.02 Å². The van der Waals surface area contributed by atoms with Crippen LogP contribution in [0.15, 0.2) is 14.8 Å². The fraction of sp³-hybridized carbons (Fsp3) is 0.545. The van der Waals surface area contributed by atoms with Crippen molar-refractivity contribution in [3.8, 4) is 0 Å². The molecule has 0 radical (unpaired) electrons. The molecule has 1 aromatic rings. The summed E-state index contributed by atoms with van der Waals surface area (Å²) in [4.78, 5) is 5.81. The van der Waals surface area contributed by atoms with E-state index in [1.807, 2.05) is 17.8 Å². The number of halogens is 2. The van der Waals surface area contributed by atoms with E-state index in [0.29, 0.717) is 0 Å². The maximum absolute atomic E-state index is 6.21.